The second kappa shape index (κ2) is 5.57. The number of nitrogens with zero attached hydrogens (tertiary/aromatic N) is 3. The van der Waals surface area contributed by atoms with Gasteiger partial charge in [-0.15, -0.1) is 11.3 Å². The summed E-state index contributed by atoms with van der Waals surface area (Å²) >= 11 is 1.59. The Hall–Kier alpha value is -2.34. The average Bonchev–Trinajstić information content (AvgIpc) is 2.82. The number of carbonyl (C=O) groups excluding carboxylic acids is 1. The SMILES string of the molecule is Cc1nc(C)c(CNC(=O)c2cnc3ccccc3n2)s1. The van der Waals surface area contributed by atoms with Crippen molar-refractivity contribution in [3.63, 3.8) is 0 Å². The van der Waals surface area contributed by atoms with Crippen LogP contribution in [0.25, 0.3) is 11.0 Å². The van der Waals surface area contributed by atoms with E-state index in [1.807, 2.05) is 38.1 Å². The van der Waals surface area contributed by atoms with Crippen LogP contribution in [0.5, 0.6) is 0 Å². The van der Waals surface area contributed by atoms with Crippen LogP contribution >= 0.6 is 11.3 Å². The highest BCUT2D eigenvalue weighted by molar-refractivity contribution is 7.11. The minimum atomic E-state index is -0.223. The van der Waals surface area contributed by atoms with Crippen molar-refractivity contribution in [2.24, 2.45) is 0 Å². The smallest absolute Gasteiger partial charge is 0.271 e. The third-order valence-corrected chi connectivity index (χ3v) is 4.16. The maximum absolute atomic E-state index is 12.2. The average molecular weight is 298 g/mol. The molecule has 0 bridgehead atoms. The lowest BCUT2D eigenvalue weighted by atomic mass is 10.3. The zero-order valence-electron chi connectivity index (χ0n) is 11.8. The van der Waals surface area contributed by atoms with Crippen molar-refractivity contribution in [1.82, 2.24) is 20.3 Å². The fourth-order valence-corrected chi connectivity index (χ4v) is 2.93. The van der Waals surface area contributed by atoms with Crippen molar-refractivity contribution in [3.05, 3.63) is 51.7 Å². The highest BCUT2D eigenvalue weighted by Gasteiger charge is 2.11. The standard InChI is InChI=1S/C15H14N4OS/c1-9-14(21-10(2)18-9)8-17-15(20)13-7-16-11-5-3-4-6-12(11)19-13/h3-7H,8H2,1-2H3,(H,17,20). The first-order valence-corrected chi connectivity index (χ1v) is 7.38. The van der Waals surface area contributed by atoms with E-state index in [0.29, 0.717) is 12.2 Å². The molecule has 2 aromatic heterocycles. The molecule has 3 aromatic rings. The molecule has 2 heterocycles. The van der Waals surface area contributed by atoms with Gasteiger partial charge in [-0.3, -0.25) is 9.78 Å². The van der Waals surface area contributed by atoms with Gasteiger partial charge in [-0.1, -0.05) is 12.1 Å². The number of rotatable bonds is 3. The largest absolute Gasteiger partial charge is 0.346 e. The summed E-state index contributed by atoms with van der Waals surface area (Å²) in [5.41, 5.74) is 2.79. The van der Waals surface area contributed by atoms with Gasteiger partial charge in [0.25, 0.3) is 5.91 Å². The Morgan fingerprint density at radius 1 is 1.19 bits per heavy atom. The van der Waals surface area contributed by atoms with Crippen LogP contribution in [0.3, 0.4) is 0 Å². The topological polar surface area (TPSA) is 67.8 Å². The van der Waals surface area contributed by atoms with Gasteiger partial charge in [0.05, 0.1) is 34.5 Å². The molecule has 0 saturated carbocycles. The quantitative estimate of drug-likeness (QED) is 0.807. The third-order valence-electron chi connectivity index (χ3n) is 3.09. The predicted molar refractivity (Wildman–Crippen MR) is 82.3 cm³/mol. The van der Waals surface area contributed by atoms with E-state index >= 15 is 0 Å². The van der Waals surface area contributed by atoms with E-state index in [1.54, 1.807) is 11.3 Å². The van der Waals surface area contributed by atoms with Crippen LogP contribution in [-0.2, 0) is 6.54 Å². The molecule has 1 aromatic carbocycles. The Labute approximate surface area is 126 Å². The van der Waals surface area contributed by atoms with Crippen molar-refractivity contribution in [2.45, 2.75) is 20.4 Å². The molecular formula is C15H14N4OS. The number of nitrogens with one attached hydrogen (secondary N) is 1. The number of aryl methyl sites for hydroxylation is 2. The summed E-state index contributed by atoms with van der Waals surface area (Å²) in [6.45, 7) is 4.36. The summed E-state index contributed by atoms with van der Waals surface area (Å²) in [6, 6.07) is 7.48. The summed E-state index contributed by atoms with van der Waals surface area (Å²) in [5, 5.41) is 3.87. The number of carbonyl (C=O) groups is 1. The Morgan fingerprint density at radius 2 is 1.95 bits per heavy atom. The highest BCUT2D eigenvalue weighted by atomic mass is 32.1. The van der Waals surface area contributed by atoms with E-state index in [9.17, 15) is 4.79 Å². The van der Waals surface area contributed by atoms with E-state index in [0.717, 1.165) is 26.6 Å². The van der Waals surface area contributed by atoms with Crippen molar-refractivity contribution >= 4 is 28.3 Å². The molecule has 6 heteroatoms. The second-order valence-electron chi connectivity index (χ2n) is 4.67. The van der Waals surface area contributed by atoms with Gasteiger partial charge < -0.3 is 5.32 Å². The zero-order valence-corrected chi connectivity index (χ0v) is 12.6. The third kappa shape index (κ3) is 2.90. The number of para-hydroxylation sites is 2. The number of benzene rings is 1. The zero-order chi connectivity index (χ0) is 14.8. The molecule has 3 rings (SSSR count). The van der Waals surface area contributed by atoms with Gasteiger partial charge in [-0.25, -0.2) is 9.97 Å². The molecule has 0 aliphatic rings. The molecule has 1 amide bonds. The first-order chi connectivity index (χ1) is 10.1. The van der Waals surface area contributed by atoms with Crippen LogP contribution in [0.15, 0.2) is 30.5 Å². The molecule has 0 spiro atoms. The van der Waals surface area contributed by atoms with Crippen molar-refractivity contribution in [2.75, 3.05) is 0 Å². The molecule has 0 unspecified atom stereocenters. The summed E-state index contributed by atoms with van der Waals surface area (Å²) in [5.74, 6) is -0.223. The van der Waals surface area contributed by atoms with Crippen molar-refractivity contribution in [1.29, 1.82) is 0 Å². The molecule has 106 valence electrons. The normalized spacial score (nSPS) is 10.8. The maximum atomic E-state index is 12.2. The lowest BCUT2D eigenvalue weighted by Gasteiger charge is -2.04. The number of amides is 1. The molecule has 21 heavy (non-hydrogen) atoms. The Morgan fingerprint density at radius 3 is 2.67 bits per heavy atom. The lowest BCUT2D eigenvalue weighted by molar-refractivity contribution is 0.0946. The molecule has 0 fully saturated rings. The summed E-state index contributed by atoms with van der Waals surface area (Å²) in [7, 11) is 0. The Kier molecular flexibility index (Phi) is 3.62. The van der Waals surface area contributed by atoms with Gasteiger partial charge in [0, 0.05) is 4.88 Å². The second-order valence-corrected chi connectivity index (χ2v) is 5.96. The van der Waals surface area contributed by atoms with Crippen LogP contribution < -0.4 is 5.32 Å². The van der Waals surface area contributed by atoms with Gasteiger partial charge >= 0.3 is 0 Å². The monoisotopic (exact) mass is 298 g/mol. The minimum absolute atomic E-state index is 0.223. The van der Waals surface area contributed by atoms with E-state index < -0.39 is 0 Å². The first kappa shape index (κ1) is 13.6. The Balaban J connectivity index is 1.76. The fourth-order valence-electron chi connectivity index (χ4n) is 2.06. The highest BCUT2D eigenvalue weighted by Crippen LogP contribution is 2.16. The molecular weight excluding hydrogens is 284 g/mol. The van der Waals surface area contributed by atoms with Gasteiger partial charge in [0.2, 0.25) is 0 Å². The van der Waals surface area contributed by atoms with Crippen molar-refractivity contribution in [3.8, 4) is 0 Å². The van der Waals surface area contributed by atoms with Crippen molar-refractivity contribution < 1.29 is 4.79 Å². The van der Waals surface area contributed by atoms with Crippen LogP contribution in [-0.4, -0.2) is 20.9 Å². The molecule has 0 saturated heterocycles. The maximum Gasteiger partial charge on any atom is 0.271 e. The summed E-state index contributed by atoms with van der Waals surface area (Å²) < 4.78 is 0. The van der Waals surface area contributed by atoms with Gasteiger partial charge in [0.1, 0.15) is 5.69 Å². The fraction of sp³-hybridized carbons (Fsp3) is 0.200. The molecule has 0 aliphatic heterocycles. The molecule has 1 N–H and O–H groups in total. The summed E-state index contributed by atoms with van der Waals surface area (Å²) in [6.07, 6.45) is 1.50. The van der Waals surface area contributed by atoms with Crippen LogP contribution in [0, 0.1) is 13.8 Å². The Bertz CT molecular complexity index is 812. The lowest BCUT2D eigenvalue weighted by Crippen LogP contribution is -2.23. The van der Waals surface area contributed by atoms with Gasteiger partial charge in [0.15, 0.2) is 0 Å². The van der Waals surface area contributed by atoms with E-state index in [2.05, 4.69) is 20.3 Å². The van der Waals surface area contributed by atoms with Gasteiger partial charge in [-0.05, 0) is 26.0 Å². The number of hydrogen-bond donors (Lipinski definition) is 1. The molecule has 0 atom stereocenters. The predicted octanol–water partition coefficient (Wildman–Crippen LogP) is 2.63. The first-order valence-electron chi connectivity index (χ1n) is 6.56. The number of thiazole rings is 1. The van der Waals surface area contributed by atoms with E-state index in [1.165, 1.54) is 6.20 Å². The van der Waals surface area contributed by atoms with E-state index in [-0.39, 0.29) is 5.91 Å². The van der Waals surface area contributed by atoms with Crippen LogP contribution in [0.4, 0.5) is 0 Å². The minimum Gasteiger partial charge on any atom is -0.346 e. The van der Waals surface area contributed by atoms with E-state index in [4.69, 9.17) is 0 Å². The number of hydrogen-bond acceptors (Lipinski definition) is 5. The number of fused-ring (bicyclic) bond motifs is 1. The van der Waals surface area contributed by atoms with Crippen LogP contribution in [0.2, 0.25) is 0 Å². The van der Waals surface area contributed by atoms with Gasteiger partial charge in [-0.2, -0.15) is 0 Å². The molecule has 0 aliphatic carbocycles. The number of aromatic nitrogens is 3. The van der Waals surface area contributed by atoms with Crippen LogP contribution in [0.1, 0.15) is 26.1 Å². The molecule has 0 radical (unpaired) electrons. The summed E-state index contributed by atoms with van der Waals surface area (Å²) in [4.78, 5) is 26.1. The molecule has 5 nitrogen and oxygen atoms in total.